The molecule has 0 fully saturated rings. The van der Waals surface area contributed by atoms with Gasteiger partial charge in [-0.3, -0.25) is 10.1 Å². The number of aromatic nitrogens is 4. The van der Waals surface area contributed by atoms with Gasteiger partial charge in [0, 0.05) is 18.5 Å². The number of pyridine rings is 2. The molecule has 0 aliphatic carbocycles. The van der Waals surface area contributed by atoms with Crippen LogP contribution < -0.4 is 9.47 Å². The number of nitrogens with one attached hydrogen (secondary N) is 1. The minimum Gasteiger partial charge on any atom is -0.492 e. The second-order valence-corrected chi connectivity index (χ2v) is 6.72. The number of carboxylic acid groups (broad SMARTS) is 1. The van der Waals surface area contributed by atoms with Gasteiger partial charge in [0.15, 0.2) is 0 Å². The third-order valence-electron chi connectivity index (χ3n) is 4.06. The number of nitrogens with zero attached hydrogens (tertiary/aromatic N) is 3. The Hall–Kier alpha value is -3.42. The molecule has 8 heteroatoms. The van der Waals surface area contributed by atoms with Crippen molar-refractivity contribution in [1.29, 1.82) is 0 Å². The summed E-state index contributed by atoms with van der Waals surface area (Å²) in [6, 6.07) is 9.17. The van der Waals surface area contributed by atoms with Crippen LogP contribution in [0.4, 0.5) is 0 Å². The highest BCUT2D eigenvalue weighted by Crippen LogP contribution is 2.18. The number of hydrogen-bond donors (Lipinski definition) is 2. The lowest BCUT2D eigenvalue weighted by atomic mass is 10.1. The van der Waals surface area contributed by atoms with Crippen molar-refractivity contribution in [2.24, 2.45) is 0 Å². The van der Waals surface area contributed by atoms with E-state index in [4.69, 9.17) is 14.6 Å². The summed E-state index contributed by atoms with van der Waals surface area (Å²) in [4.78, 5) is 19.6. The first-order valence-electron chi connectivity index (χ1n) is 8.90. The SMILES string of the molecule is CC(C)(Oc1ccc(CCCOc2ccc(-c3ccn[nH]3)nc2)cn1)C(=O)O. The lowest BCUT2D eigenvalue weighted by molar-refractivity contribution is -0.152. The molecule has 3 aromatic rings. The van der Waals surface area contributed by atoms with Gasteiger partial charge < -0.3 is 14.6 Å². The minimum absolute atomic E-state index is 0.288. The second-order valence-electron chi connectivity index (χ2n) is 6.72. The largest absolute Gasteiger partial charge is 0.492 e. The van der Waals surface area contributed by atoms with Gasteiger partial charge >= 0.3 is 5.97 Å². The Labute approximate surface area is 162 Å². The normalized spacial score (nSPS) is 11.2. The van der Waals surface area contributed by atoms with Crippen LogP contribution in [-0.4, -0.2) is 43.4 Å². The average Bonchev–Trinajstić information content (AvgIpc) is 3.21. The zero-order valence-corrected chi connectivity index (χ0v) is 15.8. The molecular formula is C20H22N4O4. The van der Waals surface area contributed by atoms with Gasteiger partial charge in [-0.15, -0.1) is 0 Å². The zero-order chi connectivity index (χ0) is 20.0. The topological polar surface area (TPSA) is 110 Å². The molecule has 0 saturated carbocycles. The van der Waals surface area contributed by atoms with Crippen molar-refractivity contribution < 1.29 is 19.4 Å². The van der Waals surface area contributed by atoms with Crippen molar-refractivity contribution in [3.05, 3.63) is 54.5 Å². The molecule has 146 valence electrons. The number of carboxylic acids is 1. The Kier molecular flexibility index (Phi) is 5.88. The van der Waals surface area contributed by atoms with Gasteiger partial charge in [-0.05, 0) is 50.5 Å². The molecule has 0 amide bonds. The number of aromatic amines is 1. The van der Waals surface area contributed by atoms with Gasteiger partial charge in [0.05, 0.1) is 24.2 Å². The van der Waals surface area contributed by atoms with E-state index in [1.165, 1.54) is 13.8 Å². The fraction of sp³-hybridized carbons (Fsp3) is 0.300. The summed E-state index contributed by atoms with van der Waals surface area (Å²) < 4.78 is 11.1. The van der Waals surface area contributed by atoms with Gasteiger partial charge in [0.25, 0.3) is 0 Å². The molecule has 2 N–H and O–H groups in total. The first kappa shape index (κ1) is 19.3. The number of carbonyl (C=O) groups is 1. The van der Waals surface area contributed by atoms with E-state index in [9.17, 15) is 4.79 Å². The van der Waals surface area contributed by atoms with E-state index >= 15 is 0 Å². The maximum atomic E-state index is 11.1. The molecule has 0 aliphatic rings. The number of rotatable bonds is 9. The summed E-state index contributed by atoms with van der Waals surface area (Å²) >= 11 is 0. The summed E-state index contributed by atoms with van der Waals surface area (Å²) in [6.07, 6.45) is 6.66. The van der Waals surface area contributed by atoms with Crippen LogP contribution in [0.25, 0.3) is 11.4 Å². The molecule has 0 bridgehead atoms. The van der Waals surface area contributed by atoms with E-state index in [2.05, 4.69) is 20.2 Å². The third-order valence-corrected chi connectivity index (χ3v) is 4.06. The average molecular weight is 382 g/mol. The summed E-state index contributed by atoms with van der Waals surface area (Å²) in [5.41, 5.74) is 1.38. The van der Waals surface area contributed by atoms with Gasteiger partial charge in [0.1, 0.15) is 5.75 Å². The van der Waals surface area contributed by atoms with Gasteiger partial charge in [-0.1, -0.05) is 6.07 Å². The van der Waals surface area contributed by atoms with Gasteiger partial charge in [-0.25, -0.2) is 9.78 Å². The smallest absolute Gasteiger partial charge is 0.347 e. The van der Waals surface area contributed by atoms with Crippen LogP contribution in [0.3, 0.4) is 0 Å². The van der Waals surface area contributed by atoms with Crippen LogP contribution in [0.1, 0.15) is 25.8 Å². The Morgan fingerprint density at radius 1 is 1.14 bits per heavy atom. The van der Waals surface area contributed by atoms with Crippen molar-refractivity contribution >= 4 is 5.97 Å². The number of hydrogen-bond acceptors (Lipinski definition) is 6. The molecule has 0 unspecified atom stereocenters. The van der Waals surface area contributed by atoms with Crippen molar-refractivity contribution in [1.82, 2.24) is 20.2 Å². The monoisotopic (exact) mass is 382 g/mol. The van der Waals surface area contributed by atoms with Crippen molar-refractivity contribution in [2.45, 2.75) is 32.3 Å². The van der Waals surface area contributed by atoms with Crippen LogP contribution in [0.5, 0.6) is 11.6 Å². The lowest BCUT2D eigenvalue weighted by Gasteiger charge is -2.20. The van der Waals surface area contributed by atoms with Crippen LogP contribution >= 0.6 is 0 Å². The molecular weight excluding hydrogens is 360 g/mol. The Morgan fingerprint density at radius 3 is 2.61 bits per heavy atom. The highest BCUT2D eigenvalue weighted by molar-refractivity contribution is 5.76. The standard InChI is InChI=1S/C20H22N4O4/c1-20(2,19(25)26)28-18-8-5-14(12-22-18)4-3-11-27-15-6-7-16(21-13-15)17-9-10-23-24-17/h5-10,12-13H,3-4,11H2,1-2H3,(H,23,24)(H,25,26). The molecule has 0 aromatic carbocycles. The fourth-order valence-corrected chi connectivity index (χ4v) is 2.41. The Bertz CT molecular complexity index is 891. The third kappa shape index (κ3) is 5.06. The predicted molar refractivity (Wildman–Crippen MR) is 102 cm³/mol. The summed E-state index contributed by atoms with van der Waals surface area (Å²) in [5, 5.41) is 15.9. The molecule has 0 aliphatic heterocycles. The van der Waals surface area contributed by atoms with Crippen LogP contribution in [0, 0.1) is 0 Å². The summed E-state index contributed by atoms with van der Waals surface area (Å²) in [7, 11) is 0. The molecule has 0 spiro atoms. The van der Waals surface area contributed by atoms with Crippen molar-refractivity contribution in [2.75, 3.05) is 6.61 Å². The summed E-state index contributed by atoms with van der Waals surface area (Å²) in [5.74, 6) is -0.0421. The maximum Gasteiger partial charge on any atom is 0.347 e. The highest BCUT2D eigenvalue weighted by Gasteiger charge is 2.29. The molecule has 0 atom stereocenters. The molecule has 8 nitrogen and oxygen atoms in total. The minimum atomic E-state index is -1.32. The van der Waals surface area contributed by atoms with E-state index in [0.717, 1.165) is 29.8 Å². The maximum absolute atomic E-state index is 11.1. The van der Waals surface area contributed by atoms with E-state index in [1.54, 1.807) is 24.7 Å². The van der Waals surface area contributed by atoms with Crippen LogP contribution in [-0.2, 0) is 11.2 Å². The predicted octanol–water partition coefficient (Wildman–Crippen LogP) is 3.12. The molecule has 3 heterocycles. The first-order chi connectivity index (χ1) is 13.4. The van der Waals surface area contributed by atoms with Gasteiger partial charge in [0.2, 0.25) is 11.5 Å². The molecule has 0 radical (unpaired) electrons. The quantitative estimate of drug-likeness (QED) is 0.547. The first-order valence-corrected chi connectivity index (χ1v) is 8.90. The molecule has 3 rings (SSSR count). The lowest BCUT2D eigenvalue weighted by Crippen LogP contribution is -2.38. The number of aryl methyl sites for hydroxylation is 1. The van der Waals surface area contributed by atoms with Crippen molar-refractivity contribution in [3.63, 3.8) is 0 Å². The summed E-state index contributed by atoms with van der Waals surface area (Å²) in [6.45, 7) is 3.52. The fourth-order valence-electron chi connectivity index (χ4n) is 2.41. The van der Waals surface area contributed by atoms with E-state index < -0.39 is 11.6 Å². The zero-order valence-electron chi connectivity index (χ0n) is 15.8. The van der Waals surface area contributed by atoms with E-state index in [1.807, 2.05) is 24.3 Å². The second kappa shape index (κ2) is 8.51. The number of aliphatic carboxylic acids is 1. The Balaban J connectivity index is 1.43. The van der Waals surface area contributed by atoms with Crippen LogP contribution in [0.2, 0.25) is 0 Å². The van der Waals surface area contributed by atoms with Gasteiger partial charge in [-0.2, -0.15) is 5.10 Å². The van der Waals surface area contributed by atoms with E-state index in [-0.39, 0.29) is 5.88 Å². The highest BCUT2D eigenvalue weighted by atomic mass is 16.5. The van der Waals surface area contributed by atoms with Crippen LogP contribution in [0.15, 0.2) is 48.9 Å². The van der Waals surface area contributed by atoms with Crippen molar-refractivity contribution in [3.8, 4) is 23.0 Å². The number of ether oxygens (including phenoxy) is 2. The Morgan fingerprint density at radius 2 is 2.00 bits per heavy atom. The number of H-pyrrole nitrogens is 1. The molecule has 28 heavy (non-hydrogen) atoms. The molecule has 0 saturated heterocycles. The molecule has 3 aromatic heterocycles. The van der Waals surface area contributed by atoms with E-state index in [0.29, 0.717) is 12.4 Å².